The Kier molecular flexibility index (Phi) is 6.14. The Morgan fingerprint density at radius 1 is 1.78 bits per heavy atom. The van der Waals surface area contributed by atoms with E-state index in [1.54, 1.807) is 6.20 Å². The van der Waals surface area contributed by atoms with E-state index in [-0.39, 0.29) is 20.7 Å². The van der Waals surface area contributed by atoms with E-state index < -0.39 is 0 Å². The van der Waals surface area contributed by atoms with Crippen molar-refractivity contribution in [2.24, 2.45) is 4.99 Å². The van der Waals surface area contributed by atoms with E-state index in [9.17, 15) is 0 Å². The van der Waals surface area contributed by atoms with Gasteiger partial charge in [-0.3, -0.25) is 4.99 Å². The fraction of sp³-hybridized carbons (Fsp3) is 0.429. The molecule has 0 amide bonds. The molecule has 0 aliphatic rings. The maximum absolute atomic E-state index is 3.89. The lowest BCUT2D eigenvalue weighted by atomic mass is 10.3. The zero-order valence-electron chi connectivity index (χ0n) is 5.68. The Morgan fingerprint density at radius 3 is 2.89 bits per heavy atom. The van der Waals surface area contributed by atoms with Gasteiger partial charge in [-0.2, -0.15) is 0 Å². The van der Waals surface area contributed by atoms with E-state index in [1.165, 1.54) is 0 Å². The number of rotatable bonds is 4. The number of halogens is 1. The first-order valence-electron chi connectivity index (χ1n) is 2.79. The van der Waals surface area contributed by atoms with E-state index in [4.69, 9.17) is 0 Å². The Morgan fingerprint density at radius 2 is 2.44 bits per heavy atom. The fourth-order valence-electron chi connectivity index (χ4n) is 0.386. The zero-order chi connectivity index (χ0) is 7.11. The van der Waals surface area contributed by atoms with Crippen molar-refractivity contribution in [2.45, 2.75) is 17.3 Å². The molecule has 0 aliphatic carbocycles. The third-order valence-corrected chi connectivity index (χ3v) is 2.95. The van der Waals surface area contributed by atoms with Crippen LogP contribution in [0, 0.1) is 0 Å². The molecule has 0 spiro atoms. The SMILES string of the molecule is C=N/C=C\CC(C)I=C. The highest BCUT2D eigenvalue weighted by molar-refractivity contribution is 14.2. The van der Waals surface area contributed by atoms with Crippen molar-refractivity contribution in [3.63, 3.8) is 0 Å². The van der Waals surface area contributed by atoms with Gasteiger partial charge in [-0.25, -0.2) is 0 Å². The molecule has 0 N–H and O–H groups in total. The van der Waals surface area contributed by atoms with Crippen LogP contribution in [-0.2, 0) is 0 Å². The molecule has 0 saturated carbocycles. The molecule has 0 heterocycles. The van der Waals surface area contributed by atoms with Crippen molar-refractivity contribution in [1.82, 2.24) is 0 Å². The largest absolute Gasteiger partial charge is 0.273 e. The van der Waals surface area contributed by atoms with Crippen LogP contribution >= 0.6 is 20.7 Å². The summed E-state index contributed by atoms with van der Waals surface area (Å²) >= 11 is 0.164. The number of allylic oxidation sites excluding steroid dienone is 1. The van der Waals surface area contributed by atoms with Gasteiger partial charge in [0.2, 0.25) is 0 Å². The van der Waals surface area contributed by atoms with Gasteiger partial charge in [0.1, 0.15) is 0 Å². The van der Waals surface area contributed by atoms with Gasteiger partial charge in [0.15, 0.2) is 0 Å². The first kappa shape index (κ1) is 9.01. The van der Waals surface area contributed by atoms with E-state index in [0.29, 0.717) is 0 Å². The molecule has 1 nitrogen and oxygen atoms in total. The molecule has 0 bridgehead atoms. The summed E-state index contributed by atoms with van der Waals surface area (Å²) in [7, 11) is 0. The van der Waals surface area contributed by atoms with Gasteiger partial charge in [-0.15, -0.1) is 20.7 Å². The lowest BCUT2D eigenvalue weighted by Crippen LogP contribution is -1.84. The number of alkyl halides is 1. The minimum Gasteiger partial charge on any atom is -0.273 e. The molecule has 2 heteroatoms. The minimum absolute atomic E-state index is 0.164. The van der Waals surface area contributed by atoms with Crippen LogP contribution in [0.3, 0.4) is 0 Å². The molecule has 0 aliphatic heterocycles. The highest BCUT2D eigenvalue weighted by Gasteiger charge is 1.89. The molecular weight excluding hydrogens is 225 g/mol. The fourth-order valence-corrected chi connectivity index (χ4v) is 1.04. The standard InChI is InChI=1S/C7H12IN/c1-7(8-2)5-4-6-9-3/h4,6-7H,2-3,5H2,1H3/b6-4-. The van der Waals surface area contributed by atoms with E-state index >= 15 is 0 Å². The molecule has 0 saturated heterocycles. The second kappa shape index (κ2) is 6.13. The van der Waals surface area contributed by atoms with Gasteiger partial charge < -0.3 is 0 Å². The van der Waals surface area contributed by atoms with E-state index in [2.05, 4.69) is 23.1 Å². The molecule has 9 heavy (non-hydrogen) atoms. The van der Waals surface area contributed by atoms with Gasteiger partial charge in [0.25, 0.3) is 0 Å². The monoisotopic (exact) mass is 237 g/mol. The van der Waals surface area contributed by atoms with Crippen LogP contribution in [0.1, 0.15) is 13.3 Å². The summed E-state index contributed by atoms with van der Waals surface area (Å²) < 4.78 is 4.67. The normalized spacial score (nSPS) is 13.9. The predicted molar refractivity (Wildman–Crippen MR) is 53.9 cm³/mol. The Bertz CT molecular complexity index is 118. The first-order chi connectivity index (χ1) is 4.31. The van der Waals surface area contributed by atoms with Gasteiger partial charge in [-0.1, -0.05) is 17.5 Å². The predicted octanol–water partition coefficient (Wildman–Crippen LogP) is 2.38. The Balaban J connectivity index is 3.36. The first-order valence-corrected chi connectivity index (χ1v) is 5.56. The Hall–Kier alpha value is 0.01000. The molecule has 0 aromatic carbocycles. The van der Waals surface area contributed by atoms with Crippen molar-refractivity contribution >= 4 is 32.0 Å². The molecule has 0 aromatic rings. The number of aliphatic imine (C=N–C) groups is 1. The van der Waals surface area contributed by atoms with Crippen LogP contribution in [-0.4, -0.2) is 15.2 Å². The smallest absolute Gasteiger partial charge is 0.0220 e. The van der Waals surface area contributed by atoms with Crippen molar-refractivity contribution in [3.8, 4) is 0 Å². The summed E-state index contributed by atoms with van der Waals surface area (Å²) in [6.45, 7) is 5.56. The molecule has 0 rings (SSSR count). The van der Waals surface area contributed by atoms with E-state index in [0.717, 1.165) is 10.3 Å². The number of hydrogen-bond donors (Lipinski definition) is 0. The van der Waals surface area contributed by atoms with Crippen LogP contribution in [0.2, 0.25) is 0 Å². The molecule has 0 aromatic heterocycles. The molecule has 1 unspecified atom stereocenters. The van der Waals surface area contributed by atoms with Crippen LogP contribution in [0.15, 0.2) is 17.3 Å². The van der Waals surface area contributed by atoms with E-state index in [1.807, 2.05) is 6.08 Å². The summed E-state index contributed by atoms with van der Waals surface area (Å²) in [6, 6.07) is 0. The average Bonchev–Trinajstić information content (AvgIpc) is 1.89. The van der Waals surface area contributed by atoms with Crippen LogP contribution < -0.4 is 0 Å². The number of nitrogens with zero attached hydrogens (tertiary/aromatic N) is 1. The van der Waals surface area contributed by atoms with Crippen molar-refractivity contribution in [1.29, 1.82) is 0 Å². The summed E-state index contributed by atoms with van der Waals surface area (Å²) in [6.07, 6.45) is 4.90. The second-order valence-corrected chi connectivity index (χ2v) is 4.75. The summed E-state index contributed by atoms with van der Waals surface area (Å²) in [4.78, 5) is 3.60. The maximum Gasteiger partial charge on any atom is 0.0220 e. The third-order valence-electron chi connectivity index (χ3n) is 0.935. The van der Waals surface area contributed by atoms with Crippen molar-refractivity contribution in [3.05, 3.63) is 12.3 Å². The molecule has 0 radical (unpaired) electrons. The lowest BCUT2D eigenvalue weighted by Gasteiger charge is -1.95. The van der Waals surface area contributed by atoms with Gasteiger partial charge in [-0.05, 0) is 13.1 Å². The van der Waals surface area contributed by atoms with Gasteiger partial charge in [0, 0.05) is 10.1 Å². The topological polar surface area (TPSA) is 12.4 Å². The summed E-state index contributed by atoms with van der Waals surface area (Å²) in [5.74, 6) is 0. The molecule has 52 valence electrons. The third kappa shape index (κ3) is 5.89. The lowest BCUT2D eigenvalue weighted by molar-refractivity contribution is 1.02. The van der Waals surface area contributed by atoms with Gasteiger partial charge >= 0.3 is 0 Å². The second-order valence-electron chi connectivity index (χ2n) is 1.74. The van der Waals surface area contributed by atoms with Crippen LogP contribution in [0.4, 0.5) is 0 Å². The minimum atomic E-state index is 0.164. The van der Waals surface area contributed by atoms with Gasteiger partial charge in [0.05, 0.1) is 0 Å². The average molecular weight is 237 g/mol. The maximum atomic E-state index is 3.89. The highest BCUT2D eigenvalue weighted by Crippen LogP contribution is 2.09. The summed E-state index contributed by atoms with van der Waals surface area (Å²) in [5, 5.41) is 0. The molecule has 1 atom stereocenters. The van der Waals surface area contributed by atoms with Crippen molar-refractivity contribution < 1.29 is 0 Å². The Labute approximate surface area is 66.6 Å². The van der Waals surface area contributed by atoms with Crippen LogP contribution in [0.25, 0.3) is 0 Å². The zero-order valence-corrected chi connectivity index (χ0v) is 7.84. The molecule has 0 fully saturated rings. The highest BCUT2D eigenvalue weighted by atomic mass is 127. The van der Waals surface area contributed by atoms with Crippen LogP contribution in [0.5, 0.6) is 0 Å². The molecular formula is C7H12IN. The summed E-state index contributed by atoms with van der Waals surface area (Å²) in [5.41, 5.74) is 0. The van der Waals surface area contributed by atoms with Crippen molar-refractivity contribution in [2.75, 3.05) is 0 Å². The number of hydrogen-bond acceptors (Lipinski definition) is 1. The quantitative estimate of drug-likeness (QED) is 0.404.